The quantitative estimate of drug-likeness (QED) is 0.407. The molecule has 1 rings (SSSR count). The van der Waals surface area contributed by atoms with E-state index in [1.54, 1.807) is 19.1 Å². The van der Waals surface area contributed by atoms with Gasteiger partial charge in [0.2, 0.25) is 0 Å². The van der Waals surface area contributed by atoms with Crippen molar-refractivity contribution in [1.82, 2.24) is 5.32 Å². The summed E-state index contributed by atoms with van der Waals surface area (Å²) in [4.78, 5) is 4.12. The highest BCUT2D eigenvalue weighted by molar-refractivity contribution is 14.0. The van der Waals surface area contributed by atoms with Crippen LogP contribution < -0.4 is 11.1 Å². The Balaban J connectivity index is 0.00000361. The maximum Gasteiger partial charge on any atom is 0.188 e. The van der Waals surface area contributed by atoms with Crippen LogP contribution in [-0.2, 0) is 5.60 Å². The predicted octanol–water partition coefficient (Wildman–Crippen LogP) is 2.35. The van der Waals surface area contributed by atoms with Crippen molar-refractivity contribution in [2.75, 3.05) is 6.54 Å². The second-order valence-electron chi connectivity index (χ2n) is 4.94. The van der Waals surface area contributed by atoms with Gasteiger partial charge in [0.05, 0.1) is 6.54 Å². The van der Waals surface area contributed by atoms with Crippen molar-refractivity contribution in [3.05, 3.63) is 35.6 Å². The maximum absolute atomic E-state index is 12.8. The first-order valence-corrected chi connectivity index (χ1v) is 6.40. The minimum atomic E-state index is -1.17. The molecule has 0 amide bonds. The molecule has 20 heavy (non-hydrogen) atoms. The van der Waals surface area contributed by atoms with E-state index in [1.165, 1.54) is 12.1 Å². The molecular formula is C14H23FIN3O. The summed E-state index contributed by atoms with van der Waals surface area (Å²) in [6.45, 7) is 5.79. The molecule has 0 aliphatic rings. The number of benzene rings is 1. The van der Waals surface area contributed by atoms with Gasteiger partial charge in [0, 0.05) is 6.04 Å². The SMILES string of the molecule is CCC(C)NC(N)=NCC(C)(O)c1ccc(F)cc1.I. The topological polar surface area (TPSA) is 70.6 Å². The normalized spacial score (nSPS) is 15.9. The van der Waals surface area contributed by atoms with Crippen LogP contribution in [0.1, 0.15) is 32.8 Å². The minimum absolute atomic E-state index is 0. The highest BCUT2D eigenvalue weighted by Crippen LogP contribution is 2.21. The van der Waals surface area contributed by atoms with Gasteiger partial charge in [-0.25, -0.2) is 4.39 Å². The molecule has 0 radical (unpaired) electrons. The van der Waals surface area contributed by atoms with Gasteiger partial charge in [-0.1, -0.05) is 19.1 Å². The summed E-state index contributed by atoms with van der Waals surface area (Å²) < 4.78 is 12.8. The molecule has 0 aromatic heterocycles. The standard InChI is InChI=1S/C14H22FN3O.HI/c1-4-10(2)18-13(16)17-9-14(3,19)11-5-7-12(15)8-6-11;/h5-8,10,19H,4,9H2,1-3H3,(H3,16,17,18);1H. The molecule has 0 saturated carbocycles. The van der Waals surface area contributed by atoms with E-state index in [0.29, 0.717) is 11.5 Å². The van der Waals surface area contributed by atoms with Crippen LogP contribution in [0.25, 0.3) is 0 Å². The Labute approximate surface area is 136 Å². The molecule has 0 fully saturated rings. The molecule has 2 atom stereocenters. The molecule has 6 heteroatoms. The molecular weight excluding hydrogens is 372 g/mol. The monoisotopic (exact) mass is 395 g/mol. The number of halogens is 2. The fraction of sp³-hybridized carbons (Fsp3) is 0.500. The highest BCUT2D eigenvalue weighted by atomic mass is 127. The Hall–Kier alpha value is -0.890. The van der Waals surface area contributed by atoms with Gasteiger partial charge in [-0.2, -0.15) is 0 Å². The molecule has 0 saturated heterocycles. The molecule has 4 nitrogen and oxygen atoms in total. The van der Waals surface area contributed by atoms with E-state index < -0.39 is 5.60 Å². The van der Waals surface area contributed by atoms with Crippen molar-refractivity contribution in [1.29, 1.82) is 0 Å². The van der Waals surface area contributed by atoms with Crippen LogP contribution in [0.3, 0.4) is 0 Å². The predicted molar refractivity (Wildman–Crippen MR) is 90.8 cm³/mol. The number of rotatable bonds is 5. The average Bonchev–Trinajstić information content (AvgIpc) is 2.37. The first kappa shape index (κ1) is 19.1. The molecule has 1 aromatic carbocycles. The van der Waals surface area contributed by atoms with E-state index in [4.69, 9.17) is 5.73 Å². The van der Waals surface area contributed by atoms with Gasteiger partial charge in [0.15, 0.2) is 5.96 Å². The number of hydrogen-bond acceptors (Lipinski definition) is 2. The Morgan fingerprint density at radius 3 is 2.50 bits per heavy atom. The summed E-state index contributed by atoms with van der Waals surface area (Å²) >= 11 is 0. The number of hydrogen-bond donors (Lipinski definition) is 3. The second kappa shape index (κ2) is 8.41. The lowest BCUT2D eigenvalue weighted by molar-refractivity contribution is 0.0672. The molecule has 114 valence electrons. The second-order valence-corrected chi connectivity index (χ2v) is 4.94. The van der Waals surface area contributed by atoms with Crippen molar-refractivity contribution < 1.29 is 9.50 Å². The van der Waals surface area contributed by atoms with E-state index in [0.717, 1.165) is 6.42 Å². The summed E-state index contributed by atoms with van der Waals surface area (Å²) in [5.74, 6) is -0.0299. The molecule has 0 aliphatic carbocycles. The van der Waals surface area contributed by atoms with Gasteiger partial charge in [0.1, 0.15) is 11.4 Å². The number of guanidine groups is 1. The number of aliphatic imine (C=N–C) groups is 1. The van der Waals surface area contributed by atoms with Crippen LogP contribution in [0.2, 0.25) is 0 Å². The smallest absolute Gasteiger partial charge is 0.188 e. The van der Waals surface area contributed by atoms with Crippen molar-refractivity contribution >= 4 is 29.9 Å². The van der Waals surface area contributed by atoms with Crippen molar-refractivity contribution in [2.45, 2.75) is 38.8 Å². The lowest BCUT2D eigenvalue weighted by Crippen LogP contribution is -2.39. The van der Waals surface area contributed by atoms with Crippen molar-refractivity contribution in [2.24, 2.45) is 10.7 Å². The third kappa shape index (κ3) is 6.04. The minimum Gasteiger partial charge on any atom is -0.384 e. The zero-order valence-electron chi connectivity index (χ0n) is 12.1. The summed E-state index contributed by atoms with van der Waals surface area (Å²) in [5, 5.41) is 13.3. The van der Waals surface area contributed by atoms with Crippen LogP contribution in [0.15, 0.2) is 29.3 Å². The third-order valence-corrected chi connectivity index (χ3v) is 3.03. The molecule has 0 heterocycles. The lowest BCUT2D eigenvalue weighted by atomic mass is 9.96. The first-order valence-electron chi connectivity index (χ1n) is 6.40. The van der Waals surface area contributed by atoms with Crippen LogP contribution >= 0.6 is 24.0 Å². The first-order chi connectivity index (χ1) is 8.85. The van der Waals surface area contributed by atoms with E-state index >= 15 is 0 Å². The van der Waals surface area contributed by atoms with Crippen LogP contribution in [0, 0.1) is 5.82 Å². The zero-order valence-corrected chi connectivity index (χ0v) is 14.4. The third-order valence-electron chi connectivity index (χ3n) is 3.03. The van der Waals surface area contributed by atoms with Gasteiger partial charge in [-0.05, 0) is 38.0 Å². The Morgan fingerprint density at radius 1 is 1.45 bits per heavy atom. The molecule has 1 aromatic rings. The zero-order chi connectivity index (χ0) is 14.5. The van der Waals surface area contributed by atoms with Gasteiger partial charge in [0.25, 0.3) is 0 Å². The summed E-state index contributed by atoms with van der Waals surface area (Å²) in [6, 6.07) is 5.95. The molecule has 4 N–H and O–H groups in total. The largest absolute Gasteiger partial charge is 0.384 e. The number of nitrogens with two attached hydrogens (primary N) is 1. The fourth-order valence-electron chi connectivity index (χ4n) is 1.54. The Morgan fingerprint density at radius 2 is 2.00 bits per heavy atom. The number of nitrogens with zero attached hydrogens (tertiary/aromatic N) is 1. The molecule has 0 bridgehead atoms. The van der Waals surface area contributed by atoms with E-state index in [9.17, 15) is 9.50 Å². The maximum atomic E-state index is 12.8. The summed E-state index contributed by atoms with van der Waals surface area (Å²) in [6.07, 6.45) is 0.935. The Kier molecular flexibility index (Phi) is 8.03. The lowest BCUT2D eigenvalue weighted by Gasteiger charge is -2.22. The number of nitrogens with one attached hydrogen (secondary N) is 1. The van der Waals surface area contributed by atoms with Gasteiger partial charge in [-0.3, -0.25) is 4.99 Å². The fourth-order valence-corrected chi connectivity index (χ4v) is 1.54. The number of aliphatic hydroxyl groups is 1. The van der Waals surface area contributed by atoms with E-state index in [1.807, 2.05) is 13.8 Å². The van der Waals surface area contributed by atoms with Crippen LogP contribution in [0.4, 0.5) is 4.39 Å². The summed E-state index contributed by atoms with van der Waals surface area (Å²) in [5.41, 5.74) is 5.16. The Bertz CT molecular complexity index is 435. The highest BCUT2D eigenvalue weighted by Gasteiger charge is 2.22. The summed E-state index contributed by atoms with van der Waals surface area (Å²) in [7, 11) is 0. The van der Waals surface area contributed by atoms with Crippen LogP contribution in [-0.4, -0.2) is 23.7 Å². The average molecular weight is 395 g/mol. The van der Waals surface area contributed by atoms with Gasteiger partial charge >= 0.3 is 0 Å². The van der Waals surface area contributed by atoms with E-state index in [-0.39, 0.29) is 42.4 Å². The van der Waals surface area contributed by atoms with Crippen LogP contribution in [0.5, 0.6) is 0 Å². The van der Waals surface area contributed by atoms with E-state index in [2.05, 4.69) is 10.3 Å². The molecule has 0 spiro atoms. The van der Waals surface area contributed by atoms with Gasteiger partial charge in [-0.15, -0.1) is 24.0 Å². The van der Waals surface area contributed by atoms with Gasteiger partial charge < -0.3 is 16.2 Å². The van der Waals surface area contributed by atoms with Crippen molar-refractivity contribution in [3.8, 4) is 0 Å². The molecule has 0 aliphatic heterocycles. The molecule has 2 unspecified atom stereocenters. The van der Waals surface area contributed by atoms with Crippen molar-refractivity contribution in [3.63, 3.8) is 0 Å².